The lowest BCUT2D eigenvalue weighted by Gasteiger charge is -2.21. The molecule has 7 heteroatoms. The van der Waals surface area contributed by atoms with Crippen LogP contribution in [0.15, 0.2) is 64.1 Å². The van der Waals surface area contributed by atoms with Crippen molar-refractivity contribution in [1.29, 1.82) is 0 Å². The summed E-state index contributed by atoms with van der Waals surface area (Å²) in [6, 6.07) is 18.4. The summed E-state index contributed by atoms with van der Waals surface area (Å²) in [5, 5.41) is 9.42. The Labute approximate surface area is 174 Å². The molecule has 1 heterocycles. The van der Waals surface area contributed by atoms with Crippen molar-refractivity contribution >= 4 is 33.5 Å². The molecule has 2 aromatic rings. The Balaban J connectivity index is 1.42. The second-order valence-electron chi connectivity index (χ2n) is 6.72. The van der Waals surface area contributed by atoms with Crippen LogP contribution in [0.1, 0.15) is 12.0 Å². The summed E-state index contributed by atoms with van der Waals surface area (Å²) in [4.78, 5) is 18.7. The third-order valence-corrected chi connectivity index (χ3v) is 5.37. The quantitative estimate of drug-likeness (QED) is 0.473. The first-order valence-electron chi connectivity index (χ1n) is 9.43. The highest BCUT2D eigenvalue weighted by Crippen LogP contribution is 2.28. The van der Waals surface area contributed by atoms with Gasteiger partial charge in [0.25, 0.3) is 0 Å². The minimum Gasteiger partial charge on any atom is -0.368 e. The molecule has 0 aliphatic carbocycles. The molecular formula is C21H26BrN5O. The zero-order chi connectivity index (χ0) is 19.8. The van der Waals surface area contributed by atoms with Crippen molar-refractivity contribution in [2.45, 2.75) is 19.0 Å². The van der Waals surface area contributed by atoms with Crippen molar-refractivity contribution in [2.75, 3.05) is 31.6 Å². The molecule has 1 fully saturated rings. The first kappa shape index (κ1) is 20.2. The number of guanidine groups is 1. The first-order valence-corrected chi connectivity index (χ1v) is 10.2. The molecule has 0 radical (unpaired) electrons. The topological polar surface area (TPSA) is 68.8 Å². The Morgan fingerprint density at radius 1 is 1.14 bits per heavy atom. The third kappa shape index (κ3) is 5.73. The number of aliphatic imine (C=N–C) groups is 1. The Hall–Kier alpha value is -2.54. The Bertz CT molecular complexity index is 811. The van der Waals surface area contributed by atoms with Crippen LogP contribution in [-0.2, 0) is 11.3 Å². The lowest BCUT2D eigenvalue weighted by molar-refractivity contribution is -0.120. The van der Waals surface area contributed by atoms with Crippen LogP contribution in [0, 0.1) is 0 Å². The van der Waals surface area contributed by atoms with Crippen molar-refractivity contribution < 1.29 is 4.79 Å². The number of para-hydroxylation sites is 1. The minimum atomic E-state index is -0.0620. The minimum absolute atomic E-state index is 0.0620. The van der Waals surface area contributed by atoms with Gasteiger partial charge in [-0.05, 0) is 40.0 Å². The Morgan fingerprint density at radius 3 is 2.64 bits per heavy atom. The molecule has 3 rings (SSSR count). The largest absolute Gasteiger partial charge is 0.368 e. The van der Waals surface area contributed by atoms with Gasteiger partial charge in [0.1, 0.15) is 0 Å². The van der Waals surface area contributed by atoms with E-state index < -0.39 is 0 Å². The number of nitrogens with one attached hydrogen (secondary N) is 3. The van der Waals surface area contributed by atoms with E-state index in [2.05, 4.69) is 60.0 Å². The van der Waals surface area contributed by atoms with E-state index in [1.54, 1.807) is 7.05 Å². The molecule has 0 bridgehead atoms. The average molecular weight is 444 g/mol. The van der Waals surface area contributed by atoms with Gasteiger partial charge in [0.05, 0.1) is 12.2 Å². The second-order valence-corrected chi connectivity index (χ2v) is 7.57. The molecule has 0 saturated carbocycles. The van der Waals surface area contributed by atoms with Crippen molar-refractivity contribution in [3.8, 4) is 0 Å². The Kier molecular flexibility index (Phi) is 7.31. The highest BCUT2D eigenvalue weighted by molar-refractivity contribution is 9.10. The van der Waals surface area contributed by atoms with Crippen LogP contribution in [0.25, 0.3) is 0 Å². The molecule has 1 atom stereocenters. The summed E-state index contributed by atoms with van der Waals surface area (Å²) in [7, 11) is 1.72. The van der Waals surface area contributed by atoms with E-state index in [1.807, 2.05) is 36.4 Å². The van der Waals surface area contributed by atoms with E-state index in [0.717, 1.165) is 29.5 Å². The molecule has 1 aliphatic heterocycles. The lowest BCUT2D eigenvalue weighted by atomic mass is 10.2. The molecule has 3 N–H and O–H groups in total. The molecule has 1 unspecified atom stereocenters. The van der Waals surface area contributed by atoms with Gasteiger partial charge in [-0.2, -0.15) is 0 Å². The van der Waals surface area contributed by atoms with Crippen molar-refractivity contribution in [2.24, 2.45) is 4.99 Å². The highest BCUT2D eigenvalue weighted by atomic mass is 79.9. The molecule has 2 aromatic carbocycles. The van der Waals surface area contributed by atoms with Gasteiger partial charge in [0.15, 0.2) is 5.96 Å². The highest BCUT2D eigenvalue weighted by Gasteiger charge is 2.24. The fourth-order valence-corrected chi connectivity index (χ4v) is 3.75. The summed E-state index contributed by atoms with van der Waals surface area (Å²) in [5.74, 6) is 0.585. The first-order chi connectivity index (χ1) is 13.7. The number of benzene rings is 2. The van der Waals surface area contributed by atoms with E-state index >= 15 is 0 Å². The molecule has 6 nitrogen and oxygen atoms in total. The van der Waals surface area contributed by atoms with Gasteiger partial charge in [-0.3, -0.25) is 9.79 Å². The van der Waals surface area contributed by atoms with Crippen molar-refractivity contribution in [3.63, 3.8) is 0 Å². The summed E-state index contributed by atoms with van der Waals surface area (Å²) < 4.78 is 1.10. The second kappa shape index (κ2) is 10.1. The van der Waals surface area contributed by atoms with Gasteiger partial charge in [0.2, 0.25) is 5.91 Å². The zero-order valence-electron chi connectivity index (χ0n) is 16.0. The number of nitrogens with zero attached hydrogens (tertiary/aromatic N) is 2. The molecule has 28 heavy (non-hydrogen) atoms. The number of anilines is 1. The molecule has 1 saturated heterocycles. The summed E-state index contributed by atoms with van der Waals surface area (Å²) >= 11 is 3.62. The average Bonchev–Trinajstić information content (AvgIpc) is 3.19. The van der Waals surface area contributed by atoms with Crippen LogP contribution in [0.3, 0.4) is 0 Å². The standard InChI is InChI=1S/C21H26BrN5O/c1-23-21(25-14-20(28)24-13-16-7-3-2-4-8-16)26-17-11-12-27(15-17)19-10-6-5-9-18(19)22/h2-10,17H,11-15H2,1H3,(H,24,28)(H2,23,25,26). The SMILES string of the molecule is CN=C(NCC(=O)NCc1ccccc1)NC1CCN(c2ccccc2Br)C1. The maximum absolute atomic E-state index is 12.1. The molecule has 1 aliphatic rings. The van der Waals surface area contributed by atoms with Gasteiger partial charge in [0, 0.05) is 37.2 Å². The summed E-state index contributed by atoms with van der Waals surface area (Å²) in [6.07, 6.45) is 1.02. The van der Waals surface area contributed by atoms with Crippen LogP contribution in [-0.4, -0.2) is 44.6 Å². The number of carbonyl (C=O) groups excluding carboxylic acids is 1. The maximum Gasteiger partial charge on any atom is 0.239 e. The van der Waals surface area contributed by atoms with Crippen LogP contribution in [0.4, 0.5) is 5.69 Å². The van der Waals surface area contributed by atoms with E-state index in [-0.39, 0.29) is 18.5 Å². The molecule has 1 amide bonds. The predicted molar refractivity (Wildman–Crippen MR) is 118 cm³/mol. The predicted octanol–water partition coefficient (Wildman–Crippen LogP) is 2.51. The van der Waals surface area contributed by atoms with Crippen molar-refractivity contribution in [3.05, 3.63) is 64.6 Å². The molecular weight excluding hydrogens is 418 g/mol. The molecule has 148 valence electrons. The normalized spacial score (nSPS) is 16.7. The van der Waals surface area contributed by atoms with Gasteiger partial charge in [-0.25, -0.2) is 0 Å². The maximum atomic E-state index is 12.1. The summed E-state index contributed by atoms with van der Waals surface area (Å²) in [6.45, 7) is 2.59. The van der Waals surface area contributed by atoms with Crippen LogP contribution >= 0.6 is 15.9 Å². The smallest absolute Gasteiger partial charge is 0.239 e. The lowest BCUT2D eigenvalue weighted by Crippen LogP contribution is -2.47. The molecule has 0 spiro atoms. The number of amides is 1. The number of hydrogen-bond acceptors (Lipinski definition) is 3. The number of rotatable bonds is 6. The number of halogens is 1. The van der Waals surface area contributed by atoms with Gasteiger partial charge in [-0.1, -0.05) is 42.5 Å². The van der Waals surface area contributed by atoms with Crippen LogP contribution in [0.2, 0.25) is 0 Å². The van der Waals surface area contributed by atoms with E-state index in [4.69, 9.17) is 0 Å². The van der Waals surface area contributed by atoms with Crippen LogP contribution < -0.4 is 20.9 Å². The third-order valence-electron chi connectivity index (χ3n) is 4.69. The van der Waals surface area contributed by atoms with E-state index in [1.165, 1.54) is 5.69 Å². The fraction of sp³-hybridized carbons (Fsp3) is 0.333. The van der Waals surface area contributed by atoms with Crippen molar-refractivity contribution in [1.82, 2.24) is 16.0 Å². The fourth-order valence-electron chi connectivity index (χ4n) is 3.22. The van der Waals surface area contributed by atoms with Crippen LogP contribution in [0.5, 0.6) is 0 Å². The monoisotopic (exact) mass is 443 g/mol. The molecule has 0 aromatic heterocycles. The number of carbonyl (C=O) groups is 1. The van der Waals surface area contributed by atoms with E-state index in [9.17, 15) is 4.79 Å². The number of hydrogen-bond donors (Lipinski definition) is 3. The Morgan fingerprint density at radius 2 is 1.89 bits per heavy atom. The van der Waals surface area contributed by atoms with Gasteiger partial charge < -0.3 is 20.9 Å². The van der Waals surface area contributed by atoms with Gasteiger partial charge in [-0.15, -0.1) is 0 Å². The zero-order valence-corrected chi connectivity index (χ0v) is 17.6. The summed E-state index contributed by atoms with van der Waals surface area (Å²) in [5.41, 5.74) is 2.28. The van der Waals surface area contributed by atoms with Gasteiger partial charge >= 0.3 is 0 Å². The van der Waals surface area contributed by atoms with E-state index in [0.29, 0.717) is 12.5 Å².